The molecule has 0 aromatic heterocycles. The quantitative estimate of drug-likeness (QED) is 0.744. The highest BCUT2D eigenvalue weighted by Gasteiger charge is 2.27. The fraction of sp³-hybridized carbons (Fsp3) is 0.846. The Labute approximate surface area is 108 Å². The van der Waals surface area contributed by atoms with Crippen LogP contribution in [0.25, 0.3) is 0 Å². The van der Waals surface area contributed by atoms with Gasteiger partial charge in [-0.1, -0.05) is 12.8 Å². The highest BCUT2D eigenvalue weighted by Crippen LogP contribution is 2.19. The largest absolute Gasteiger partial charge is 0.368 e. The molecule has 5 nitrogen and oxygen atoms in total. The second-order valence-corrected chi connectivity index (χ2v) is 5.40. The third-order valence-corrected chi connectivity index (χ3v) is 3.97. The molecule has 3 N–H and O–H groups in total. The van der Waals surface area contributed by atoms with Crippen molar-refractivity contribution in [3.05, 3.63) is 0 Å². The van der Waals surface area contributed by atoms with Gasteiger partial charge in [0.1, 0.15) is 0 Å². The number of carbonyl (C=O) groups is 2. The first-order valence-electron chi connectivity index (χ1n) is 7.00. The summed E-state index contributed by atoms with van der Waals surface area (Å²) in [6.45, 7) is 1.65. The third kappa shape index (κ3) is 3.45. The molecule has 0 bridgehead atoms. The van der Waals surface area contributed by atoms with Gasteiger partial charge in [-0.2, -0.15) is 0 Å². The Morgan fingerprint density at radius 1 is 1.17 bits per heavy atom. The summed E-state index contributed by atoms with van der Waals surface area (Å²) >= 11 is 0. The Balaban J connectivity index is 1.84. The number of nitrogens with zero attached hydrogens (tertiary/aromatic N) is 1. The molecule has 18 heavy (non-hydrogen) atoms. The van der Waals surface area contributed by atoms with Crippen molar-refractivity contribution in [1.29, 1.82) is 0 Å². The van der Waals surface area contributed by atoms with Crippen LogP contribution in [0.3, 0.4) is 0 Å². The summed E-state index contributed by atoms with van der Waals surface area (Å²) in [5.41, 5.74) is 5.39. The first kappa shape index (κ1) is 13.3. The minimum Gasteiger partial charge on any atom is -0.368 e. The Hall–Kier alpha value is -1.10. The lowest BCUT2D eigenvalue weighted by Gasteiger charge is -2.22. The lowest BCUT2D eigenvalue weighted by atomic mass is 10.1. The zero-order chi connectivity index (χ0) is 13.0. The van der Waals surface area contributed by atoms with Crippen LogP contribution in [0, 0.1) is 0 Å². The summed E-state index contributed by atoms with van der Waals surface area (Å²) in [7, 11) is 0. The fourth-order valence-electron chi connectivity index (χ4n) is 2.89. The SMILES string of the molecule is NC(=O)C(CC(=O)N1CCCC1)NC1CCCC1. The van der Waals surface area contributed by atoms with Gasteiger partial charge in [0.15, 0.2) is 0 Å². The topological polar surface area (TPSA) is 75.4 Å². The maximum absolute atomic E-state index is 12.0. The Morgan fingerprint density at radius 2 is 1.78 bits per heavy atom. The summed E-state index contributed by atoms with van der Waals surface area (Å²) in [5.74, 6) is -0.351. The standard InChI is InChI=1S/C13H23N3O2/c14-13(18)11(15-10-5-1-2-6-10)9-12(17)16-7-3-4-8-16/h10-11,15H,1-9H2,(H2,14,18). The monoisotopic (exact) mass is 253 g/mol. The van der Waals surface area contributed by atoms with E-state index in [1.807, 2.05) is 4.90 Å². The molecule has 1 atom stereocenters. The summed E-state index contributed by atoms with van der Waals surface area (Å²) in [4.78, 5) is 25.3. The molecule has 102 valence electrons. The Kier molecular flexibility index (Phi) is 4.58. The molecule has 0 aromatic carbocycles. The highest BCUT2D eigenvalue weighted by atomic mass is 16.2. The van der Waals surface area contributed by atoms with Crippen LogP contribution in [0.15, 0.2) is 0 Å². The van der Waals surface area contributed by atoms with E-state index in [4.69, 9.17) is 5.73 Å². The van der Waals surface area contributed by atoms with Crippen LogP contribution < -0.4 is 11.1 Å². The zero-order valence-electron chi connectivity index (χ0n) is 10.9. The molecular weight excluding hydrogens is 230 g/mol. The first-order chi connectivity index (χ1) is 8.66. The maximum Gasteiger partial charge on any atom is 0.235 e. The van der Waals surface area contributed by atoms with Gasteiger partial charge in [0, 0.05) is 19.1 Å². The van der Waals surface area contributed by atoms with E-state index in [-0.39, 0.29) is 12.3 Å². The second kappa shape index (κ2) is 6.18. The molecular formula is C13H23N3O2. The van der Waals surface area contributed by atoms with Gasteiger partial charge in [0.05, 0.1) is 12.5 Å². The van der Waals surface area contributed by atoms with Gasteiger partial charge in [-0.15, -0.1) is 0 Å². The second-order valence-electron chi connectivity index (χ2n) is 5.40. The van der Waals surface area contributed by atoms with Crippen LogP contribution >= 0.6 is 0 Å². The summed E-state index contributed by atoms with van der Waals surface area (Å²) in [6, 6.07) is -0.143. The number of nitrogens with two attached hydrogens (primary N) is 1. The van der Waals surface area contributed by atoms with E-state index in [9.17, 15) is 9.59 Å². The van der Waals surface area contributed by atoms with Gasteiger partial charge in [0.25, 0.3) is 0 Å². The molecule has 0 aromatic rings. The third-order valence-electron chi connectivity index (χ3n) is 3.97. The van der Waals surface area contributed by atoms with Crippen molar-refractivity contribution in [1.82, 2.24) is 10.2 Å². The molecule has 0 radical (unpaired) electrons. The van der Waals surface area contributed by atoms with E-state index < -0.39 is 11.9 Å². The molecule has 1 unspecified atom stereocenters. The van der Waals surface area contributed by atoms with Gasteiger partial charge in [-0.05, 0) is 25.7 Å². The predicted molar refractivity (Wildman–Crippen MR) is 68.8 cm³/mol. The molecule has 1 heterocycles. The van der Waals surface area contributed by atoms with Crippen molar-refractivity contribution in [2.45, 2.75) is 57.0 Å². The van der Waals surface area contributed by atoms with Gasteiger partial charge in [-0.25, -0.2) is 0 Å². The van der Waals surface area contributed by atoms with Gasteiger partial charge in [0.2, 0.25) is 11.8 Å². The van der Waals surface area contributed by atoms with Crippen molar-refractivity contribution >= 4 is 11.8 Å². The Bertz CT molecular complexity index is 307. The molecule has 2 rings (SSSR count). The van der Waals surface area contributed by atoms with Crippen LogP contribution in [-0.2, 0) is 9.59 Å². The fourth-order valence-corrected chi connectivity index (χ4v) is 2.89. The summed E-state index contributed by atoms with van der Waals surface area (Å²) in [6.07, 6.45) is 6.92. The minimum atomic E-state index is -0.499. The average Bonchev–Trinajstić information content (AvgIpc) is 3.00. The molecule has 0 spiro atoms. The molecule has 1 aliphatic carbocycles. The molecule has 2 aliphatic rings. The number of carbonyl (C=O) groups excluding carboxylic acids is 2. The van der Waals surface area contributed by atoms with Gasteiger partial charge < -0.3 is 16.0 Å². The van der Waals surface area contributed by atoms with Crippen molar-refractivity contribution < 1.29 is 9.59 Å². The molecule has 5 heteroatoms. The number of primary amides is 1. The van der Waals surface area contributed by atoms with Crippen LogP contribution in [0.2, 0.25) is 0 Å². The zero-order valence-corrected chi connectivity index (χ0v) is 10.9. The number of amides is 2. The van der Waals surface area contributed by atoms with Crippen molar-refractivity contribution in [2.24, 2.45) is 5.73 Å². The van der Waals surface area contributed by atoms with Gasteiger partial charge >= 0.3 is 0 Å². The van der Waals surface area contributed by atoms with E-state index in [2.05, 4.69) is 5.32 Å². The molecule has 1 saturated carbocycles. The maximum atomic E-state index is 12.0. The van der Waals surface area contributed by atoms with E-state index in [1.165, 1.54) is 12.8 Å². The lowest BCUT2D eigenvalue weighted by Crippen LogP contribution is -2.48. The number of hydrogen-bond donors (Lipinski definition) is 2. The Morgan fingerprint density at radius 3 is 2.33 bits per heavy atom. The average molecular weight is 253 g/mol. The minimum absolute atomic E-state index is 0.0572. The lowest BCUT2D eigenvalue weighted by molar-refractivity contribution is -0.133. The number of likely N-dealkylation sites (tertiary alicyclic amines) is 1. The normalized spacial score (nSPS) is 22.3. The molecule has 2 amide bonds. The smallest absolute Gasteiger partial charge is 0.235 e. The first-order valence-corrected chi connectivity index (χ1v) is 7.00. The molecule has 1 aliphatic heterocycles. The van der Waals surface area contributed by atoms with Crippen molar-refractivity contribution in [3.63, 3.8) is 0 Å². The van der Waals surface area contributed by atoms with Crippen LogP contribution in [-0.4, -0.2) is 41.9 Å². The van der Waals surface area contributed by atoms with Gasteiger partial charge in [-0.3, -0.25) is 9.59 Å². The summed E-state index contributed by atoms with van der Waals surface area (Å²) < 4.78 is 0. The van der Waals surface area contributed by atoms with E-state index in [0.29, 0.717) is 6.04 Å². The van der Waals surface area contributed by atoms with Crippen LogP contribution in [0.5, 0.6) is 0 Å². The molecule has 1 saturated heterocycles. The number of nitrogens with one attached hydrogen (secondary N) is 1. The number of hydrogen-bond acceptors (Lipinski definition) is 3. The van der Waals surface area contributed by atoms with Crippen LogP contribution in [0.4, 0.5) is 0 Å². The van der Waals surface area contributed by atoms with E-state index in [1.54, 1.807) is 0 Å². The van der Waals surface area contributed by atoms with Crippen LogP contribution in [0.1, 0.15) is 44.9 Å². The molecule has 2 fully saturated rings. The van der Waals surface area contributed by atoms with E-state index in [0.717, 1.165) is 38.8 Å². The van der Waals surface area contributed by atoms with Crippen molar-refractivity contribution in [2.75, 3.05) is 13.1 Å². The van der Waals surface area contributed by atoms with Crippen molar-refractivity contribution in [3.8, 4) is 0 Å². The van der Waals surface area contributed by atoms with E-state index >= 15 is 0 Å². The summed E-state index contributed by atoms with van der Waals surface area (Å²) in [5, 5.41) is 3.25. The predicted octanol–water partition coefficient (Wildman–Crippen LogP) is 0.385. The highest BCUT2D eigenvalue weighted by molar-refractivity contribution is 5.87. The number of rotatable bonds is 5.